The SMILES string of the molecule is CNC(=O)C[C@@H]1CC[C@@H]2[C@@H](COc3ccc(NC(=O)c4cccc(F)c4)cc3C(=O)N2C)O1. The van der Waals surface area contributed by atoms with E-state index in [0.29, 0.717) is 29.8 Å². The summed E-state index contributed by atoms with van der Waals surface area (Å²) < 4.78 is 25.5. The van der Waals surface area contributed by atoms with Crippen LogP contribution in [0.2, 0.25) is 0 Å². The van der Waals surface area contributed by atoms with Crippen LogP contribution in [0.15, 0.2) is 42.5 Å². The van der Waals surface area contributed by atoms with Gasteiger partial charge in [-0.15, -0.1) is 0 Å². The van der Waals surface area contributed by atoms with Crippen molar-refractivity contribution >= 4 is 23.4 Å². The number of nitrogens with zero attached hydrogens (tertiary/aromatic N) is 1. The molecule has 3 amide bonds. The third-order valence-corrected chi connectivity index (χ3v) is 6.05. The summed E-state index contributed by atoms with van der Waals surface area (Å²) in [6, 6.07) is 9.98. The quantitative estimate of drug-likeness (QED) is 0.739. The molecule has 0 aromatic heterocycles. The molecule has 3 atom stereocenters. The average molecular weight is 455 g/mol. The van der Waals surface area contributed by atoms with Gasteiger partial charge >= 0.3 is 0 Å². The van der Waals surface area contributed by atoms with Crippen molar-refractivity contribution in [1.82, 2.24) is 10.2 Å². The molecular weight excluding hydrogens is 429 g/mol. The number of fused-ring (bicyclic) bond motifs is 2. The topological polar surface area (TPSA) is 97.0 Å². The summed E-state index contributed by atoms with van der Waals surface area (Å²) in [5.41, 5.74) is 0.895. The van der Waals surface area contributed by atoms with Crippen LogP contribution < -0.4 is 15.4 Å². The van der Waals surface area contributed by atoms with Crippen molar-refractivity contribution in [2.45, 2.75) is 37.5 Å². The fraction of sp³-hybridized carbons (Fsp3) is 0.375. The molecule has 1 fully saturated rings. The number of benzene rings is 2. The van der Waals surface area contributed by atoms with Gasteiger partial charge in [-0.05, 0) is 49.2 Å². The van der Waals surface area contributed by atoms with Gasteiger partial charge in [0.05, 0.1) is 24.1 Å². The van der Waals surface area contributed by atoms with E-state index in [1.807, 2.05) is 0 Å². The summed E-state index contributed by atoms with van der Waals surface area (Å²) in [6.45, 7) is 0.231. The number of carbonyl (C=O) groups excluding carboxylic acids is 3. The van der Waals surface area contributed by atoms with Crippen LogP contribution in [0.5, 0.6) is 5.75 Å². The van der Waals surface area contributed by atoms with Gasteiger partial charge in [0, 0.05) is 25.3 Å². The van der Waals surface area contributed by atoms with Crippen LogP contribution in [-0.2, 0) is 9.53 Å². The van der Waals surface area contributed by atoms with Crippen molar-refractivity contribution in [3.63, 3.8) is 0 Å². The summed E-state index contributed by atoms with van der Waals surface area (Å²) in [5.74, 6) is -0.952. The van der Waals surface area contributed by atoms with Crippen LogP contribution in [0.4, 0.5) is 10.1 Å². The van der Waals surface area contributed by atoms with Crippen LogP contribution in [0, 0.1) is 5.82 Å². The molecule has 0 unspecified atom stereocenters. The molecule has 1 saturated heterocycles. The van der Waals surface area contributed by atoms with Crippen LogP contribution >= 0.6 is 0 Å². The zero-order valence-corrected chi connectivity index (χ0v) is 18.5. The van der Waals surface area contributed by atoms with E-state index in [0.717, 1.165) is 6.07 Å². The third-order valence-electron chi connectivity index (χ3n) is 6.05. The highest BCUT2D eigenvalue weighted by molar-refractivity contribution is 6.05. The highest BCUT2D eigenvalue weighted by Crippen LogP contribution is 2.32. The molecule has 4 rings (SSSR count). The van der Waals surface area contributed by atoms with Crippen LogP contribution in [0.1, 0.15) is 40.0 Å². The number of ether oxygens (including phenoxy) is 2. The van der Waals surface area contributed by atoms with Gasteiger partial charge in [0.25, 0.3) is 11.8 Å². The molecule has 174 valence electrons. The Bertz CT molecular complexity index is 1080. The Balaban J connectivity index is 1.52. The summed E-state index contributed by atoms with van der Waals surface area (Å²) in [5, 5.41) is 5.30. The summed E-state index contributed by atoms with van der Waals surface area (Å²) in [7, 11) is 3.31. The van der Waals surface area contributed by atoms with Crippen molar-refractivity contribution in [3.05, 3.63) is 59.4 Å². The molecule has 2 heterocycles. The largest absolute Gasteiger partial charge is 0.490 e. The molecular formula is C24H26FN3O5. The van der Waals surface area contributed by atoms with Crippen LogP contribution in [-0.4, -0.2) is 61.6 Å². The number of hydrogen-bond acceptors (Lipinski definition) is 5. The molecule has 9 heteroatoms. The van der Waals surface area contributed by atoms with E-state index in [1.165, 1.54) is 18.2 Å². The lowest BCUT2D eigenvalue weighted by Gasteiger charge is -2.42. The third kappa shape index (κ3) is 4.98. The standard InChI is InChI=1S/C24H26FN3O5/c1-26-22(29)12-17-7-8-19-21(33-17)13-32-20-9-6-16(11-18(20)24(31)28(19)2)27-23(30)14-4-3-5-15(25)10-14/h3-6,9-11,17,19,21H,7-8,12-13H2,1-2H3,(H,26,29)(H,27,30)/t17-,19+,21+/m0/s1. The van der Waals surface area contributed by atoms with Gasteiger partial charge < -0.3 is 25.0 Å². The van der Waals surface area contributed by atoms with Gasteiger partial charge in [0.15, 0.2) is 0 Å². The summed E-state index contributed by atoms with van der Waals surface area (Å²) in [4.78, 5) is 39.1. The molecule has 0 saturated carbocycles. The van der Waals surface area contributed by atoms with Crippen LogP contribution in [0.25, 0.3) is 0 Å². The first-order valence-corrected chi connectivity index (χ1v) is 10.8. The van der Waals surface area contributed by atoms with Crippen molar-refractivity contribution in [2.75, 3.05) is 26.0 Å². The number of halogens is 1. The van der Waals surface area contributed by atoms with Crippen molar-refractivity contribution in [1.29, 1.82) is 0 Å². The second kappa shape index (κ2) is 9.58. The highest BCUT2D eigenvalue weighted by atomic mass is 19.1. The van der Waals surface area contributed by atoms with Gasteiger partial charge in [-0.2, -0.15) is 0 Å². The number of amides is 3. The highest BCUT2D eigenvalue weighted by Gasteiger charge is 2.39. The first-order chi connectivity index (χ1) is 15.9. The maximum Gasteiger partial charge on any atom is 0.257 e. The molecule has 0 radical (unpaired) electrons. The number of anilines is 1. The van der Waals surface area contributed by atoms with E-state index in [2.05, 4.69) is 10.6 Å². The second-order valence-corrected chi connectivity index (χ2v) is 8.22. The normalized spacial score (nSPS) is 22.2. The molecule has 8 nitrogen and oxygen atoms in total. The Hall–Kier alpha value is -3.46. The summed E-state index contributed by atoms with van der Waals surface area (Å²) >= 11 is 0. The molecule has 33 heavy (non-hydrogen) atoms. The minimum atomic E-state index is -0.507. The number of hydrogen-bond donors (Lipinski definition) is 2. The minimum absolute atomic E-state index is 0.0900. The van der Waals surface area contributed by atoms with E-state index in [-0.39, 0.29) is 48.7 Å². The minimum Gasteiger partial charge on any atom is -0.490 e. The number of rotatable bonds is 4. The Morgan fingerprint density at radius 2 is 2.00 bits per heavy atom. The van der Waals surface area contributed by atoms with E-state index < -0.39 is 11.7 Å². The molecule has 2 aliphatic rings. The van der Waals surface area contributed by atoms with E-state index in [9.17, 15) is 18.8 Å². The molecule has 0 aliphatic carbocycles. The lowest BCUT2D eigenvalue weighted by atomic mass is 9.94. The van der Waals surface area contributed by atoms with Gasteiger partial charge in [0.1, 0.15) is 24.3 Å². The first kappa shape index (κ1) is 22.7. The van der Waals surface area contributed by atoms with Crippen LogP contribution in [0.3, 0.4) is 0 Å². The fourth-order valence-electron chi connectivity index (χ4n) is 4.25. The summed E-state index contributed by atoms with van der Waals surface area (Å²) in [6.07, 6.45) is 1.02. The maximum atomic E-state index is 13.4. The van der Waals surface area contributed by atoms with E-state index in [1.54, 1.807) is 37.2 Å². The van der Waals surface area contributed by atoms with E-state index in [4.69, 9.17) is 9.47 Å². The van der Waals surface area contributed by atoms with Crippen molar-refractivity contribution in [3.8, 4) is 5.75 Å². The zero-order chi connectivity index (χ0) is 23.5. The maximum absolute atomic E-state index is 13.4. The molecule has 0 spiro atoms. The molecule has 2 aromatic rings. The first-order valence-electron chi connectivity index (χ1n) is 10.8. The predicted molar refractivity (Wildman–Crippen MR) is 119 cm³/mol. The number of nitrogens with one attached hydrogen (secondary N) is 2. The van der Waals surface area contributed by atoms with Gasteiger partial charge in [-0.1, -0.05) is 6.07 Å². The Kier molecular flexibility index (Phi) is 6.60. The second-order valence-electron chi connectivity index (χ2n) is 8.22. The zero-order valence-electron chi connectivity index (χ0n) is 18.5. The smallest absolute Gasteiger partial charge is 0.257 e. The molecule has 2 N–H and O–H groups in total. The number of carbonyl (C=O) groups is 3. The van der Waals surface area contributed by atoms with Gasteiger partial charge in [0.2, 0.25) is 5.91 Å². The predicted octanol–water partition coefficient (Wildman–Crippen LogP) is 2.59. The lowest BCUT2D eigenvalue weighted by molar-refractivity contribution is -0.133. The fourth-order valence-corrected chi connectivity index (χ4v) is 4.25. The molecule has 2 aromatic carbocycles. The average Bonchev–Trinajstić information content (AvgIpc) is 2.81. The monoisotopic (exact) mass is 455 g/mol. The van der Waals surface area contributed by atoms with Gasteiger partial charge in [-0.25, -0.2) is 4.39 Å². The Morgan fingerprint density at radius 1 is 1.18 bits per heavy atom. The Labute approximate surface area is 191 Å². The van der Waals surface area contributed by atoms with Gasteiger partial charge in [-0.3, -0.25) is 14.4 Å². The number of likely N-dealkylation sites (N-methyl/N-ethyl adjacent to an activating group) is 1. The van der Waals surface area contributed by atoms with E-state index >= 15 is 0 Å². The Morgan fingerprint density at radius 3 is 2.76 bits per heavy atom. The van der Waals surface area contributed by atoms with Crippen molar-refractivity contribution in [2.24, 2.45) is 0 Å². The molecule has 2 aliphatic heterocycles. The van der Waals surface area contributed by atoms with Crippen molar-refractivity contribution < 1.29 is 28.2 Å². The molecule has 0 bridgehead atoms. The lowest BCUT2D eigenvalue weighted by Crippen LogP contribution is -2.53.